The fourth-order valence-electron chi connectivity index (χ4n) is 1.90. The summed E-state index contributed by atoms with van der Waals surface area (Å²) in [5.41, 5.74) is 8.56. The van der Waals surface area contributed by atoms with E-state index >= 15 is 0 Å². The number of anilines is 1. The molecule has 0 saturated carbocycles. The first-order chi connectivity index (χ1) is 8.58. The van der Waals surface area contributed by atoms with E-state index in [1.807, 2.05) is 6.92 Å². The Morgan fingerprint density at radius 3 is 2.89 bits per heavy atom. The largest absolute Gasteiger partial charge is 0.398 e. The van der Waals surface area contributed by atoms with Crippen molar-refractivity contribution in [2.45, 2.75) is 19.4 Å². The van der Waals surface area contributed by atoms with Crippen LogP contribution in [0.15, 0.2) is 36.7 Å². The summed E-state index contributed by atoms with van der Waals surface area (Å²) < 4.78 is 13.2. The molecule has 1 aromatic heterocycles. The Hall–Kier alpha value is -1.94. The van der Waals surface area contributed by atoms with E-state index in [0.29, 0.717) is 17.7 Å². The van der Waals surface area contributed by atoms with Crippen LogP contribution in [-0.4, -0.2) is 10.1 Å². The molecule has 0 aliphatic carbocycles. The fourth-order valence-corrected chi connectivity index (χ4v) is 1.90. The molecule has 1 atom stereocenters. The van der Waals surface area contributed by atoms with Crippen LogP contribution in [0.4, 0.5) is 10.1 Å². The number of aryl methyl sites for hydroxylation is 1. The summed E-state index contributed by atoms with van der Waals surface area (Å²) in [6.07, 6.45) is 2.75. The molecule has 0 saturated heterocycles. The Morgan fingerprint density at radius 1 is 1.39 bits per heavy atom. The molecule has 4 heteroatoms. The molecule has 0 aliphatic rings. The lowest BCUT2D eigenvalue weighted by Crippen LogP contribution is -2.06. The van der Waals surface area contributed by atoms with Gasteiger partial charge in [0.1, 0.15) is 5.82 Å². The van der Waals surface area contributed by atoms with Crippen LogP contribution in [-0.2, 0) is 6.42 Å². The van der Waals surface area contributed by atoms with Gasteiger partial charge in [0.2, 0.25) is 0 Å². The van der Waals surface area contributed by atoms with Crippen molar-refractivity contribution in [3.63, 3.8) is 0 Å². The summed E-state index contributed by atoms with van der Waals surface area (Å²) in [5.74, 6) is -0.353. The van der Waals surface area contributed by atoms with Gasteiger partial charge in [-0.05, 0) is 41.8 Å². The molecule has 0 aliphatic heterocycles. The predicted octanol–water partition coefficient (Wildman–Crippen LogP) is 2.39. The van der Waals surface area contributed by atoms with Crippen LogP contribution < -0.4 is 5.73 Å². The summed E-state index contributed by atoms with van der Waals surface area (Å²) in [4.78, 5) is 3.97. The first-order valence-corrected chi connectivity index (χ1v) is 5.70. The Bertz CT molecular complexity index is 557. The number of aliphatic hydroxyl groups excluding tert-OH is 1. The van der Waals surface area contributed by atoms with Crippen LogP contribution in [0.2, 0.25) is 0 Å². The van der Waals surface area contributed by atoms with Gasteiger partial charge in [0, 0.05) is 24.5 Å². The van der Waals surface area contributed by atoms with Crippen molar-refractivity contribution in [3.8, 4) is 0 Å². The highest BCUT2D eigenvalue weighted by atomic mass is 19.1. The SMILES string of the molecule is Cc1ccc(F)cc1C(O)Cc1cnccc1N. The molecule has 94 valence electrons. The van der Waals surface area contributed by atoms with Gasteiger partial charge in [0.05, 0.1) is 6.10 Å². The molecule has 18 heavy (non-hydrogen) atoms. The van der Waals surface area contributed by atoms with E-state index in [1.165, 1.54) is 12.1 Å². The average Bonchev–Trinajstić information content (AvgIpc) is 2.35. The Balaban J connectivity index is 2.25. The van der Waals surface area contributed by atoms with E-state index in [-0.39, 0.29) is 5.82 Å². The van der Waals surface area contributed by atoms with Crippen molar-refractivity contribution in [3.05, 3.63) is 59.2 Å². The second kappa shape index (κ2) is 5.14. The van der Waals surface area contributed by atoms with E-state index in [9.17, 15) is 9.50 Å². The molecular formula is C14H15FN2O. The van der Waals surface area contributed by atoms with Crippen LogP contribution in [0.5, 0.6) is 0 Å². The summed E-state index contributed by atoms with van der Waals surface area (Å²) >= 11 is 0. The number of aliphatic hydroxyl groups is 1. The number of aromatic nitrogens is 1. The maximum absolute atomic E-state index is 13.2. The van der Waals surface area contributed by atoms with Crippen LogP contribution in [0.1, 0.15) is 22.8 Å². The van der Waals surface area contributed by atoms with Gasteiger partial charge in [-0.2, -0.15) is 0 Å². The Morgan fingerprint density at radius 2 is 2.17 bits per heavy atom. The standard InChI is InChI=1S/C14H15FN2O/c1-9-2-3-11(15)7-12(9)14(18)6-10-8-17-5-4-13(10)16/h2-5,7-8,14,18H,6H2,1H3,(H2,16,17). The highest BCUT2D eigenvalue weighted by Crippen LogP contribution is 2.24. The molecule has 0 radical (unpaired) electrons. The normalized spacial score (nSPS) is 12.4. The van der Waals surface area contributed by atoms with E-state index < -0.39 is 6.10 Å². The van der Waals surface area contributed by atoms with E-state index in [0.717, 1.165) is 11.1 Å². The van der Waals surface area contributed by atoms with Crippen molar-refractivity contribution < 1.29 is 9.50 Å². The van der Waals surface area contributed by atoms with Gasteiger partial charge < -0.3 is 10.8 Å². The maximum atomic E-state index is 13.2. The summed E-state index contributed by atoms with van der Waals surface area (Å²) in [5, 5.41) is 10.2. The molecule has 0 bridgehead atoms. The van der Waals surface area contributed by atoms with Gasteiger partial charge in [0.15, 0.2) is 0 Å². The van der Waals surface area contributed by atoms with E-state index in [2.05, 4.69) is 4.98 Å². The van der Waals surface area contributed by atoms with Crippen molar-refractivity contribution >= 4 is 5.69 Å². The second-order valence-electron chi connectivity index (χ2n) is 4.30. The van der Waals surface area contributed by atoms with Gasteiger partial charge in [-0.25, -0.2) is 4.39 Å². The molecule has 0 amide bonds. The zero-order chi connectivity index (χ0) is 13.1. The molecule has 1 heterocycles. The number of benzene rings is 1. The topological polar surface area (TPSA) is 59.1 Å². The van der Waals surface area contributed by atoms with Crippen LogP contribution >= 0.6 is 0 Å². The predicted molar refractivity (Wildman–Crippen MR) is 68.5 cm³/mol. The molecule has 0 fully saturated rings. The highest BCUT2D eigenvalue weighted by Gasteiger charge is 2.13. The van der Waals surface area contributed by atoms with Gasteiger partial charge >= 0.3 is 0 Å². The minimum Gasteiger partial charge on any atom is -0.398 e. The molecule has 3 N–H and O–H groups in total. The fraction of sp³-hybridized carbons (Fsp3) is 0.214. The molecule has 1 unspecified atom stereocenters. The summed E-state index contributed by atoms with van der Waals surface area (Å²) in [7, 11) is 0. The third-order valence-electron chi connectivity index (χ3n) is 2.95. The molecule has 2 rings (SSSR count). The number of halogens is 1. The Kier molecular flexibility index (Phi) is 3.58. The van der Waals surface area contributed by atoms with Gasteiger partial charge in [-0.1, -0.05) is 6.07 Å². The van der Waals surface area contributed by atoms with Crippen molar-refractivity contribution in [2.75, 3.05) is 5.73 Å². The first kappa shape index (κ1) is 12.5. The lowest BCUT2D eigenvalue weighted by molar-refractivity contribution is 0.177. The summed E-state index contributed by atoms with van der Waals surface area (Å²) in [6, 6.07) is 6.07. The quantitative estimate of drug-likeness (QED) is 0.874. The van der Waals surface area contributed by atoms with Crippen LogP contribution in [0.3, 0.4) is 0 Å². The first-order valence-electron chi connectivity index (χ1n) is 5.70. The van der Waals surface area contributed by atoms with E-state index in [1.54, 1.807) is 24.5 Å². The zero-order valence-corrected chi connectivity index (χ0v) is 10.1. The zero-order valence-electron chi connectivity index (χ0n) is 10.1. The van der Waals surface area contributed by atoms with Gasteiger partial charge in [0.25, 0.3) is 0 Å². The third kappa shape index (κ3) is 2.65. The molecule has 1 aromatic carbocycles. The minimum absolute atomic E-state index is 0.323. The number of hydrogen-bond donors (Lipinski definition) is 2. The number of rotatable bonds is 3. The highest BCUT2D eigenvalue weighted by molar-refractivity contribution is 5.45. The van der Waals surface area contributed by atoms with E-state index in [4.69, 9.17) is 5.73 Å². The van der Waals surface area contributed by atoms with Crippen molar-refractivity contribution in [2.24, 2.45) is 0 Å². The van der Waals surface area contributed by atoms with Crippen LogP contribution in [0, 0.1) is 12.7 Å². The lowest BCUT2D eigenvalue weighted by atomic mass is 9.98. The molecular weight excluding hydrogens is 231 g/mol. The number of hydrogen-bond acceptors (Lipinski definition) is 3. The number of nitrogens with two attached hydrogens (primary N) is 1. The van der Waals surface area contributed by atoms with Gasteiger partial charge in [-0.15, -0.1) is 0 Å². The molecule has 3 nitrogen and oxygen atoms in total. The second-order valence-corrected chi connectivity index (χ2v) is 4.30. The molecule has 0 spiro atoms. The monoisotopic (exact) mass is 246 g/mol. The number of pyridine rings is 1. The maximum Gasteiger partial charge on any atom is 0.123 e. The Labute approximate surface area is 105 Å². The third-order valence-corrected chi connectivity index (χ3v) is 2.95. The van der Waals surface area contributed by atoms with Crippen molar-refractivity contribution in [1.29, 1.82) is 0 Å². The number of nitrogen functional groups attached to an aromatic ring is 1. The lowest BCUT2D eigenvalue weighted by Gasteiger charge is -2.14. The minimum atomic E-state index is -0.785. The van der Waals surface area contributed by atoms with Crippen molar-refractivity contribution in [1.82, 2.24) is 4.98 Å². The number of nitrogens with zero attached hydrogens (tertiary/aromatic N) is 1. The smallest absolute Gasteiger partial charge is 0.123 e. The molecule has 2 aromatic rings. The van der Waals surface area contributed by atoms with Gasteiger partial charge in [-0.3, -0.25) is 4.98 Å². The summed E-state index contributed by atoms with van der Waals surface area (Å²) in [6.45, 7) is 1.84. The van der Waals surface area contributed by atoms with Crippen LogP contribution in [0.25, 0.3) is 0 Å². The average molecular weight is 246 g/mol.